The summed E-state index contributed by atoms with van der Waals surface area (Å²) in [6, 6.07) is 16.7. The van der Waals surface area contributed by atoms with Crippen LogP contribution in [-0.4, -0.2) is 28.6 Å². The number of hydrogen-bond donors (Lipinski definition) is 1. The molecule has 3 aromatic rings. The van der Waals surface area contributed by atoms with E-state index in [0.29, 0.717) is 5.92 Å². The van der Waals surface area contributed by atoms with Crippen molar-refractivity contribution >= 4 is 16.9 Å². The van der Waals surface area contributed by atoms with E-state index in [2.05, 4.69) is 60.1 Å². The molecule has 35 heavy (non-hydrogen) atoms. The molecule has 1 heterocycles. The molecule has 1 aliphatic carbocycles. The maximum Gasteiger partial charge on any atom is 0.223 e. The Hall–Kier alpha value is -2.82. The fourth-order valence-corrected chi connectivity index (χ4v) is 5.18. The van der Waals surface area contributed by atoms with Gasteiger partial charge < -0.3 is 14.6 Å². The second-order valence-electron chi connectivity index (χ2n) is 10.1. The molecule has 1 N–H and O–H groups in total. The van der Waals surface area contributed by atoms with Crippen molar-refractivity contribution in [1.82, 2.24) is 14.9 Å². The van der Waals surface area contributed by atoms with Crippen LogP contribution in [0.15, 0.2) is 48.5 Å². The lowest BCUT2D eigenvalue weighted by atomic mass is 9.89. The van der Waals surface area contributed by atoms with Gasteiger partial charge in [0.2, 0.25) is 5.91 Å². The van der Waals surface area contributed by atoms with E-state index in [1.807, 2.05) is 12.1 Å². The lowest BCUT2D eigenvalue weighted by molar-refractivity contribution is -0.125. The fourth-order valence-electron chi connectivity index (χ4n) is 5.18. The highest BCUT2D eigenvalue weighted by molar-refractivity contribution is 5.78. The Kier molecular flexibility index (Phi) is 9.21. The van der Waals surface area contributed by atoms with Crippen LogP contribution in [0.3, 0.4) is 0 Å². The fraction of sp³-hybridized carbons (Fsp3) is 0.533. The molecule has 1 aliphatic rings. The highest BCUT2D eigenvalue weighted by Crippen LogP contribution is 2.26. The van der Waals surface area contributed by atoms with Crippen LogP contribution in [0, 0.1) is 5.92 Å². The number of ether oxygens (including phenoxy) is 1. The molecule has 2 aromatic carbocycles. The minimum absolute atomic E-state index is 0.225. The molecule has 0 unspecified atom stereocenters. The smallest absolute Gasteiger partial charge is 0.223 e. The first-order valence-electron chi connectivity index (χ1n) is 13.6. The van der Waals surface area contributed by atoms with Crippen LogP contribution in [0.5, 0.6) is 5.75 Å². The Labute approximate surface area is 210 Å². The van der Waals surface area contributed by atoms with Crippen molar-refractivity contribution < 1.29 is 9.53 Å². The summed E-state index contributed by atoms with van der Waals surface area (Å²) in [6.07, 6.45) is 9.58. The molecule has 0 bridgehead atoms. The van der Waals surface area contributed by atoms with Gasteiger partial charge >= 0.3 is 0 Å². The summed E-state index contributed by atoms with van der Waals surface area (Å²) in [6.45, 7) is 6.78. The predicted octanol–water partition coefficient (Wildman–Crippen LogP) is 6.65. The number of carbonyl (C=O) groups is 1. The van der Waals surface area contributed by atoms with Crippen molar-refractivity contribution in [3.63, 3.8) is 0 Å². The van der Waals surface area contributed by atoms with Gasteiger partial charge in [-0.3, -0.25) is 4.79 Å². The zero-order chi connectivity index (χ0) is 24.5. The Morgan fingerprint density at radius 2 is 1.80 bits per heavy atom. The van der Waals surface area contributed by atoms with Crippen molar-refractivity contribution in [2.75, 3.05) is 13.2 Å². The Bertz CT molecular complexity index is 1080. The second kappa shape index (κ2) is 12.8. The second-order valence-corrected chi connectivity index (χ2v) is 10.1. The zero-order valence-corrected chi connectivity index (χ0v) is 21.5. The van der Waals surface area contributed by atoms with Crippen molar-refractivity contribution in [2.45, 2.75) is 84.1 Å². The third-order valence-electron chi connectivity index (χ3n) is 7.16. The SMILES string of the molecule is CC(C)c1ccccc1OCCCCn1c(CCCNC(=O)C2CCCCC2)nc2ccccc21. The van der Waals surface area contributed by atoms with Gasteiger partial charge in [-0.1, -0.05) is 63.4 Å². The minimum Gasteiger partial charge on any atom is -0.493 e. The summed E-state index contributed by atoms with van der Waals surface area (Å²) in [4.78, 5) is 17.4. The van der Waals surface area contributed by atoms with Crippen molar-refractivity contribution in [2.24, 2.45) is 5.92 Å². The molecule has 1 fully saturated rings. The van der Waals surface area contributed by atoms with Crippen LogP contribution in [0.4, 0.5) is 0 Å². The van der Waals surface area contributed by atoms with E-state index in [1.54, 1.807) is 0 Å². The number of unbranched alkanes of at least 4 members (excludes halogenated alkanes) is 1. The van der Waals surface area contributed by atoms with Crippen LogP contribution in [0.25, 0.3) is 11.0 Å². The van der Waals surface area contributed by atoms with Crippen molar-refractivity contribution in [3.8, 4) is 5.75 Å². The standard InChI is InChI=1S/C30H41N3O2/c1-23(2)25-15-6-9-18-28(25)35-22-11-10-21-33-27-17-8-7-16-26(27)32-29(33)19-12-20-31-30(34)24-13-4-3-5-14-24/h6-9,15-18,23-24H,3-5,10-14,19-22H2,1-2H3,(H,31,34). The summed E-state index contributed by atoms with van der Waals surface area (Å²) >= 11 is 0. The number of nitrogens with one attached hydrogen (secondary N) is 1. The number of carbonyl (C=O) groups excluding carboxylic acids is 1. The number of nitrogens with zero attached hydrogens (tertiary/aromatic N) is 2. The molecule has 0 saturated heterocycles. The first-order chi connectivity index (χ1) is 17.1. The van der Waals surface area contributed by atoms with Gasteiger partial charge in [-0.2, -0.15) is 0 Å². The van der Waals surface area contributed by atoms with Gasteiger partial charge in [0.05, 0.1) is 17.6 Å². The molecule has 0 aliphatic heterocycles. The van der Waals surface area contributed by atoms with Crippen LogP contribution in [-0.2, 0) is 17.8 Å². The average Bonchev–Trinajstić information content (AvgIpc) is 3.24. The molecule has 188 valence electrons. The summed E-state index contributed by atoms with van der Waals surface area (Å²) in [7, 11) is 0. The van der Waals surface area contributed by atoms with Gasteiger partial charge in [-0.25, -0.2) is 4.98 Å². The van der Waals surface area contributed by atoms with Gasteiger partial charge in [-0.05, 0) is 61.8 Å². The maximum absolute atomic E-state index is 12.4. The van der Waals surface area contributed by atoms with Crippen molar-refractivity contribution in [1.29, 1.82) is 0 Å². The number of amides is 1. The molecular weight excluding hydrogens is 434 g/mol. The normalized spacial score (nSPS) is 14.5. The summed E-state index contributed by atoms with van der Waals surface area (Å²) < 4.78 is 8.48. The lowest BCUT2D eigenvalue weighted by Crippen LogP contribution is -2.32. The first-order valence-corrected chi connectivity index (χ1v) is 13.6. The highest BCUT2D eigenvalue weighted by atomic mass is 16.5. The topological polar surface area (TPSA) is 56.1 Å². The number of fused-ring (bicyclic) bond motifs is 1. The summed E-state index contributed by atoms with van der Waals surface area (Å²) in [5.74, 6) is 3.05. The van der Waals surface area contributed by atoms with Crippen LogP contribution in [0.1, 0.15) is 82.5 Å². The molecule has 0 spiro atoms. The summed E-state index contributed by atoms with van der Waals surface area (Å²) in [5, 5.41) is 3.17. The number of aromatic nitrogens is 2. The van der Waals surface area contributed by atoms with Crippen LogP contribution in [0.2, 0.25) is 0 Å². The molecule has 1 aromatic heterocycles. The maximum atomic E-state index is 12.4. The van der Waals surface area contributed by atoms with Crippen LogP contribution < -0.4 is 10.1 Å². The van der Waals surface area contributed by atoms with Gasteiger partial charge in [0, 0.05) is 25.4 Å². The molecule has 0 atom stereocenters. The van der Waals surface area contributed by atoms with E-state index in [9.17, 15) is 4.79 Å². The van der Waals surface area contributed by atoms with E-state index in [-0.39, 0.29) is 11.8 Å². The predicted molar refractivity (Wildman–Crippen MR) is 143 cm³/mol. The minimum atomic E-state index is 0.225. The Morgan fingerprint density at radius 1 is 1.03 bits per heavy atom. The average molecular weight is 476 g/mol. The zero-order valence-electron chi connectivity index (χ0n) is 21.5. The molecule has 0 radical (unpaired) electrons. The number of benzene rings is 2. The van der Waals surface area contributed by atoms with Gasteiger partial charge in [0.1, 0.15) is 11.6 Å². The number of para-hydroxylation sites is 3. The van der Waals surface area contributed by atoms with Gasteiger partial charge in [0.15, 0.2) is 0 Å². The number of hydrogen-bond acceptors (Lipinski definition) is 3. The van der Waals surface area contributed by atoms with Gasteiger partial charge in [0.25, 0.3) is 0 Å². The van der Waals surface area contributed by atoms with E-state index in [0.717, 1.165) is 75.3 Å². The first kappa shape index (κ1) is 25.3. The van der Waals surface area contributed by atoms with E-state index < -0.39 is 0 Å². The Morgan fingerprint density at radius 3 is 2.63 bits per heavy atom. The summed E-state index contributed by atoms with van der Waals surface area (Å²) in [5.41, 5.74) is 3.52. The molecule has 5 heteroatoms. The van der Waals surface area contributed by atoms with Crippen LogP contribution >= 0.6 is 0 Å². The van der Waals surface area contributed by atoms with Gasteiger partial charge in [-0.15, -0.1) is 0 Å². The largest absolute Gasteiger partial charge is 0.493 e. The lowest BCUT2D eigenvalue weighted by Gasteiger charge is -2.20. The number of aryl methyl sites for hydroxylation is 2. The molecule has 4 rings (SSSR count). The molecule has 5 nitrogen and oxygen atoms in total. The Balaban J connectivity index is 1.27. The third kappa shape index (κ3) is 6.87. The third-order valence-corrected chi connectivity index (χ3v) is 7.16. The van der Waals surface area contributed by atoms with Crippen molar-refractivity contribution in [3.05, 3.63) is 59.9 Å². The molecule has 1 saturated carbocycles. The monoisotopic (exact) mass is 475 g/mol. The van der Waals surface area contributed by atoms with E-state index >= 15 is 0 Å². The molecule has 1 amide bonds. The number of imidazole rings is 1. The van der Waals surface area contributed by atoms with E-state index in [4.69, 9.17) is 9.72 Å². The highest BCUT2D eigenvalue weighted by Gasteiger charge is 2.20. The van der Waals surface area contributed by atoms with E-state index in [1.165, 1.54) is 30.3 Å². The quantitative estimate of drug-likeness (QED) is 0.298. The molecular formula is C30H41N3O2. The number of rotatable bonds is 12.